The highest BCUT2D eigenvalue weighted by Crippen LogP contribution is 2.14. The van der Waals surface area contributed by atoms with Gasteiger partial charge in [-0.1, -0.05) is 6.92 Å². The van der Waals surface area contributed by atoms with E-state index in [4.69, 9.17) is 5.11 Å². The highest BCUT2D eigenvalue weighted by atomic mass is 16.3. The Kier molecular flexibility index (Phi) is 6.52. The van der Waals surface area contributed by atoms with Gasteiger partial charge < -0.3 is 14.9 Å². The van der Waals surface area contributed by atoms with Crippen LogP contribution in [0.5, 0.6) is 0 Å². The smallest absolute Gasteiger partial charge is 0.222 e. The number of aliphatic hydroxyl groups is 1. The number of aliphatic hydroxyl groups excluding tert-OH is 1. The minimum absolute atomic E-state index is 0.188. The molecular weight excluding hydrogens is 216 g/mol. The molecule has 0 spiro atoms. The predicted molar refractivity (Wildman–Crippen MR) is 68.8 cm³/mol. The lowest BCUT2D eigenvalue weighted by Crippen LogP contribution is -2.43. The Morgan fingerprint density at radius 1 is 1.35 bits per heavy atom. The first-order valence-corrected chi connectivity index (χ1v) is 6.78. The molecule has 1 aliphatic heterocycles. The molecule has 1 aliphatic rings. The summed E-state index contributed by atoms with van der Waals surface area (Å²) in [6, 6.07) is 0.365. The molecule has 1 atom stereocenters. The van der Waals surface area contributed by atoms with Crippen molar-refractivity contribution in [3.8, 4) is 0 Å². The molecule has 1 saturated heterocycles. The third kappa shape index (κ3) is 4.64. The molecule has 1 amide bonds. The van der Waals surface area contributed by atoms with Crippen molar-refractivity contribution in [2.45, 2.75) is 45.1 Å². The Balaban J connectivity index is 2.49. The van der Waals surface area contributed by atoms with Crippen LogP contribution >= 0.6 is 0 Å². The largest absolute Gasteiger partial charge is 0.396 e. The maximum atomic E-state index is 12.1. The highest BCUT2D eigenvalue weighted by Gasteiger charge is 2.25. The molecule has 0 aromatic heterocycles. The number of hydrogen-bond acceptors (Lipinski definition) is 3. The molecule has 1 N–H and O–H groups in total. The molecule has 0 saturated carbocycles. The van der Waals surface area contributed by atoms with Gasteiger partial charge >= 0.3 is 0 Å². The minimum Gasteiger partial charge on any atom is -0.396 e. The number of rotatable bonds is 5. The summed E-state index contributed by atoms with van der Waals surface area (Å²) >= 11 is 0. The van der Waals surface area contributed by atoms with Crippen LogP contribution in [0.1, 0.15) is 39.0 Å². The van der Waals surface area contributed by atoms with E-state index in [1.165, 1.54) is 0 Å². The van der Waals surface area contributed by atoms with Gasteiger partial charge in [-0.3, -0.25) is 4.79 Å². The Bertz CT molecular complexity index is 233. The summed E-state index contributed by atoms with van der Waals surface area (Å²) in [6.07, 6.45) is 4.21. The number of likely N-dealkylation sites (N-methyl/N-ethyl adjacent to an activating group) is 1. The molecule has 4 heteroatoms. The molecule has 17 heavy (non-hydrogen) atoms. The van der Waals surface area contributed by atoms with Crippen molar-refractivity contribution in [2.24, 2.45) is 0 Å². The second-order valence-corrected chi connectivity index (χ2v) is 4.95. The van der Waals surface area contributed by atoms with Crippen LogP contribution in [0.3, 0.4) is 0 Å². The van der Waals surface area contributed by atoms with Crippen molar-refractivity contribution in [1.82, 2.24) is 9.80 Å². The van der Waals surface area contributed by atoms with E-state index in [9.17, 15) is 4.79 Å². The van der Waals surface area contributed by atoms with E-state index >= 15 is 0 Å². The first-order chi connectivity index (χ1) is 8.19. The molecule has 0 bridgehead atoms. The van der Waals surface area contributed by atoms with Gasteiger partial charge in [-0.25, -0.2) is 0 Å². The topological polar surface area (TPSA) is 43.8 Å². The summed E-state index contributed by atoms with van der Waals surface area (Å²) in [6.45, 7) is 5.30. The molecule has 0 radical (unpaired) electrons. The van der Waals surface area contributed by atoms with Gasteiger partial charge in [0.1, 0.15) is 0 Å². The Morgan fingerprint density at radius 2 is 2.12 bits per heavy atom. The number of hydrogen-bond donors (Lipinski definition) is 1. The first-order valence-electron chi connectivity index (χ1n) is 6.78. The Hall–Kier alpha value is -0.610. The summed E-state index contributed by atoms with van der Waals surface area (Å²) in [7, 11) is 2.13. The van der Waals surface area contributed by atoms with Crippen LogP contribution < -0.4 is 0 Å². The molecule has 0 aliphatic carbocycles. The van der Waals surface area contributed by atoms with Gasteiger partial charge in [0.25, 0.3) is 0 Å². The van der Waals surface area contributed by atoms with Crippen LogP contribution in [0.4, 0.5) is 0 Å². The number of amides is 1. The van der Waals surface area contributed by atoms with Gasteiger partial charge in [-0.15, -0.1) is 0 Å². The van der Waals surface area contributed by atoms with Gasteiger partial charge in [-0.2, -0.15) is 0 Å². The third-order valence-corrected chi connectivity index (χ3v) is 3.49. The van der Waals surface area contributed by atoms with Crippen LogP contribution in [-0.4, -0.2) is 60.1 Å². The molecule has 1 heterocycles. The van der Waals surface area contributed by atoms with E-state index in [1.807, 2.05) is 0 Å². The van der Waals surface area contributed by atoms with Gasteiger partial charge in [-0.05, 0) is 39.3 Å². The van der Waals surface area contributed by atoms with Crippen molar-refractivity contribution >= 4 is 5.91 Å². The number of carbonyl (C=O) groups excluding carboxylic acids is 1. The van der Waals surface area contributed by atoms with Crippen LogP contribution in [0, 0.1) is 0 Å². The van der Waals surface area contributed by atoms with Gasteiger partial charge in [0.05, 0.1) is 0 Å². The van der Waals surface area contributed by atoms with Crippen LogP contribution in [-0.2, 0) is 4.79 Å². The predicted octanol–water partition coefficient (Wildman–Crippen LogP) is 1.09. The molecule has 1 rings (SSSR count). The van der Waals surface area contributed by atoms with Crippen LogP contribution in [0.25, 0.3) is 0 Å². The lowest BCUT2D eigenvalue weighted by Gasteiger charge is -2.30. The number of nitrogens with zero attached hydrogens (tertiary/aromatic N) is 2. The van der Waals surface area contributed by atoms with Crippen LogP contribution in [0.2, 0.25) is 0 Å². The SMILES string of the molecule is CCC1CN(C)CCCN1C(=O)CCCCO. The van der Waals surface area contributed by atoms with Crippen molar-refractivity contribution < 1.29 is 9.90 Å². The van der Waals surface area contributed by atoms with Crippen molar-refractivity contribution in [3.05, 3.63) is 0 Å². The van der Waals surface area contributed by atoms with E-state index in [2.05, 4.69) is 23.8 Å². The zero-order chi connectivity index (χ0) is 12.7. The lowest BCUT2D eigenvalue weighted by molar-refractivity contribution is -0.133. The summed E-state index contributed by atoms with van der Waals surface area (Å²) < 4.78 is 0. The zero-order valence-corrected chi connectivity index (χ0v) is 11.2. The van der Waals surface area contributed by atoms with E-state index in [-0.39, 0.29) is 12.5 Å². The molecule has 1 fully saturated rings. The molecular formula is C13H26N2O2. The van der Waals surface area contributed by atoms with Crippen LogP contribution in [0.15, 0.2) is 0 Å². The second kappa shape index (κ2) is 7.67. The summed E-state index contributed by atoms with van der Waals surface area (Å²) in [4.78, 5) is 16.5. The van der Waals surface area contributed by atoms with Gasteiger partial charge in [0.15, 0.2) is 0 Å². The standard InChI is InChI=1S/C13H26N2O2/c1-3-12-11-14(2)8-6-9-15(12)13(17)7-4-5-10-16/h12,16H,3-11H2,1-2H3. The minimum atomic E-state index is 0.188. The molecule has 100 valence electrons. The van der Waals surface area contributed by atoms with E-state index in [1.54, 1.807) is 0 Å². The average molecular weight is 242 g/mol. The first kappa shape index (κ1) is 14.5. The summed E-state index contributed by atoms with van der Waals surface area (Å²) in [5, 5.41) is 8.74. The molecule has 4 nitrogen and oxygen atoms in total. The zero-order valence-electron chi connectivity index (χ0n) is 11.2. The summed E-state index contributed by atoms with van der Waals surface area (Å²) in [5.41, 5.74) is 0. The van der Waals surface area contributed by atoms with E-state index in [0.717, 1.165) is 45.3 Å². The fourth-order valence-corrected chi connectivity index (χ4v) is 2.45. The van der Waals surface area contributed by atoms with Gasteiger partial charge in [0.2, 0.25) is 5.91 Å². The maximum Gasteiger partial charge on any atom is 0.222 e. The quantitative estimate of drug-likeness (QED) is 0.734. The van der Waals surface area contributed by atoms with Crippen molar-refractivity contribution in [3.63, 3.8) is 0 Å². The Labute approximate surface area is 105 Å². The normalized spacial score (nSPS) is 22.5. The van der Waals surface area contributed by atoms with Crippen molar-refractivity contribution in [1.29, 1.82) is 0 Å². The fourth-order valence-electron chi connectivity index (χ4n) is 2.45. The molecule has 0 aromatic rings. The summed E-state index contributed by atoms with van der Waals surface area (Å²) in [5.74, 6) is 0.264. The second-order valence-electron chi connectivity index (χ2n) is 4.95. The molecule has 0 aromatic carbocycles. The van der Waals surface area contributed by atoms with E-state index < -0.39 is 0 Å². The fraction of sp³-hybridized carbons (Fsp3) is 0.923. The van der Waals surface area contributed by atoms with Crippen molar-refractivity contribution in [2.75, 3.05) is 33.3 Å². The Morgan fingerprint density at radius 3 is 2.76 bits per heavy atom. The van der Waals surface area contributed by atoms with E-state index in [0.29, 0.717) is 12.5 Å². The number of unbranched alkanes of at least 4 members (excludes halogenated alkanes) is 1. The maximum absolute atomic E-state index is 12.1. The average Bonchev–Trinajstić information content (AvgIpc) is 2.50. The number of carbonyl (C=O) groups is 1. The molecule has 1 unspecified atom stereocenters. The lowest BCUT2D eigenvalue weighted by atomic mass is 10.1. The monoisotopic (exact) mass is 242 g/mol. The highest BCUT2D eigenvalue weighted by molar-refractivity contribution is 5.76. The van der Waals surface area contributed by atoms with Gasteiger partial charge in [0, 0.05) is 32.2 Å². The third-order valence-electron chi connectivity index (χ3n) is 3.49.